The maximum Gasteiger partial charge on any atom is 0.238 e. The lowest BCUT2D eigenvalue weighted by atomic mass is 10.1. The maximum atomic E-state index is 12.3. The van der Waals surface area contributed by atoms with Crippen LogP contribution in [0.3, 0.4) is 0 Å². The number of likely N-dealkylation sites (N-methyl/N-ethyl adjacent to an activating group) is 1. The first-order chi connectivity index (χ1) is 13.0. The summed E-state index contributed by atoms with van der Waals surface area (Å²) in [6.45, 7) is 4.72. The largest absolute Gasteiger partial charge is 0.339 e. The lowest BCUT2D eigenvalue weighted by Crippen LogP contribution is -2.30. The summed E-state index contributed by atoms with van der Waals surface area (Å²) in [7, 11) is 1.86. The number of nitrogens with one attached hydrogen (secondary N) is 1. The second-order valence-corrected chi connectivity index (χ2v) is 6.73. The van der Waals surface area contributed by atoms with Crippen LogP contribution >= 0.6 is 0 Å². The van der Waals surface area contributed by atoms with E-state index in [-0.39, 0.29) is 12.5 Å². The molecule has 0 unspecified atom stereocenters. The fraction of sp³-hybridized carbons (Fsp3) is 0.286. The van der Waals surface area contributed by atoms with Gasteiger partial charge in [-0.05, 0) is 43.7 Å². The van der Waals surface area contributed by atoms with Gasteiger partial charge in [-0.15, -0.1) is 0 Å². The summed E-state index contributed by atoms with van der Waals surface area (Å²) in [6, 6.07) is 15.9. The van der Waals surface area contributed by atoms with Crippen LogP contribution in [-0.2, 0) is 17.8 Å². The molecule has 0 atom stereocenters. The van der Waals surface area contributed by atoms with E-state index in [2.05, 4.69) is 15.5 Å². The summed E-state index contributed by atoms with van der Waals surface area (Å²) in [5, 5.41) is 6.97. The van der Waals surface area contributed by atoms with E-state index in [4.69, 9.17) is 4.52 Å². The van der Waals surface area contributed by atoms with Crippen molar-refractivity contribution in [2.45, 2.75) is 26.8 Å². The lowest BCUT2D eigenvalue weighted by molar-refractivity contribution is -0.117. The number of aryl methyl sites for hydroxylation is 1. The van der Waals surface area contributed by atoms with Crippen molar-refractivity contribution in [3.63, 3.8) is 0 Å². The van der Waals surface area contributed by atoms with Crippen LogP contribution in [0.1, 0.15) is 28.4 Å². The van der Waals surface area contributed by atoms with Crippen molar-refractivity contribution in [3.05, 3.63) is 76.9 Å². The molecule has 3 aromatic rings. The van der Waals surface area contributed by atoms with Gasteiger partial charge in [0.05, 0.1) is 19.5 Å². The summed E-state index contributed by atoms with van der Waals surface area (Å²) in [4.78, 5) is 18.6. The van der Waals surface area contributed by atoms with Crippen LogP contribution in [0.5, 0.6) is 0 Å². The van der Waals surface area contributed by atoms with Crippen LogP contribution < -0.4 is 5.32 Å². The van der Waals surface area contributed by atoms with Crippen LogP contribution in [0.15, 0.2) is 53.1 Å². The van der Waals surface area contributed by atoms with E-state index in [0.717, 1.165) is 22.4 Å². The minimum atomic E-state index is -0.0702. The Bertz CT molecular complexity index is 906. The first kappa shape index (κ1) is 18.8. The van der Waals surface area contributed by atoms with Gasteiger partial charge in [-0.1, -0.05) is 47.6 Å². The summed E-state index contributed by atoms with van der Waals surface area (Å²) in [5.41, 5.74) is 4.20. The lowest BCUT2D eigenvalue weighted by Gasteiger charge is -2.15. The molecule has 1 N–H and O–H groups in total. The monoisotopic (exact) mass is 364 g/mol. The van der Waals surface area contributed by atoms with Crippen LogP contribution in [0, 0.1) is 13.8 Å². The van der Waals surface area contributed by atoms with Crippen LogP contribution in [0.2, 0.25) is 0 Å². The van der Waals surface area contributed by atoms with Gasteiger partial charge in [-0.25, -0.2) is 0 Å². The highest BCUT2D eigenvalue weighted by Crippen LogP contribution is 2.17. The number of aromatic nitrogens is 2. The maximum absolute atomic E-state index is 12.3. The molecular weight excluding hydrogens is 340 g/mol. The molecule has 6 heteroatoms. The van der Waals surface area contributed by atoms with E-state index < -0.39 is 0 Å². The van der Waals surface area contributed by atoms with Gasteiger partial charge in [0.15, 0.2) is 5.82 Å². The average molecular weight is 364 g/mol. The first-order valence-corrected chi connectivity index (χ1v) is 8.91. The van der Waals surface area contributed by atoms with E-state index in [1.165, 1.54) is 0 Å². The fourth-order valence-electron chi connectivity index (χ4n) is 2.82. The van der Waals surface area contributed by atoms with Gasteiger partial charge in [-0.3, -0.25) is 9.69 Å². The highest BCUT2D eigenvalue weighted by molar-refractivity contribution is 5.93. The number of carbonyl (C=O) groups excluding carboxylic acids is 1. The average Bonchev–Trinajstić information content (AvgIpc) is 3.06. The molecule has 1 amide bonds. The molecule has 6 nitrogen and oxygen atoms in total. The zero-order valence-electron chi connectivity index (χ0n) is 15.9. The molecule has 0 saturated heterocycles. The number of nitrogens with zero attached hydrogens (tertiary/aromatic N) is 3. The minimum absolute atomic E-state index is 0.0702. The molecule has 1 aromatic heterocycles. The van der Waals surface area contributed by atoms with Crippen LogP contribution in [0.25, 0.3) is 0 Å². The second kappa shape index (κ2) is 8.60. The first-order valence-electron chi connectivity index (χ1n) is 8.91. The van der Waals surface area contributed by atoms with Crippen molar-refractivity contribution in [1.29, 1.82) is 0 Å². The number of benzene rings is 2. The molecule has 0 spiro atoms. The van der Waals surface area contributed by atoms with Crippen LogP contribution in [-0.4, -0.2) is 34.5 Å². The number of rotatable bonds is 7. The zero-order valence-corrected chi connectivity index (χ0v) is 15.9. The van der Waals surface area contributed by atoms with Gasteiger partial charge in [-0.2, -0.15) is 4.98 Å². The predicted octanol–water partition coefficient (Wildman–Crippen LogP) is 3.35. The molecule has 0 aliphatic heterocycles. The Morgan fingerprint density at radius 3 is 2.67 bits per heavy atom. The number of amides is 1. The topological polar surface area (TPSA) is 71.3 Å². The Balaban J connectivity index is 1.52. The van der Waals surface area contributed by atoms with E-state index >= 15 is 0 Å². The van der Waals surface area contributed by atoms with Crippen LogP contribution in [0.4, 0.5) is 5.69 Å². The molecule has 0 radical (unpaired) electrons. The summed E-state index contributed by atoms with van der Waals surface area (Å²) < 4.78 is 5.31. The van der Waals surface area contributed by atoms with Crippen molar-refractivity contribution in [2.24, 2.45) is 0 Å². The number of carbonyl (C=O) groups is 1. The smallest absolute Gasteiger partial charge is 0.238 e. The van der Waals surface area contributed by atoms with Gasteiger partial charge in [0.2, 0.25) is 11.8 Å². The third kappa shape index (κ3) is 5.24. The molecule has 27 heavy (non-hydrogen) atoms. The van der Waals surface area contributed by atoms with Gasteiger partial charge >= 0.3 is 0 Å². The Hall–Kier alpha value is -2.99. The SMILES string of the molecule is Cc1cccc(NC(=O)CN(C)Cc2noc(Cc3ccccc3)n2)c1C. The molecule has 140 valence electrons. The summed E-state index contributed by atoms with van der Waals surface area (Å²) in [6.07, 6.45) is 0.602. The molecule has 0 aliphatic carbocycles. The molecular formula is C21H24N4O2. The van der Waals surface area contributed by atoms with E-state index in [0.29, 0.717) is 24.7 Å². The van der Waals surface area contributed by atoms with Crippen molar-refractivity contribution in [1.82, 2.24) is 15.0 Å². The molecule has 2 aromatic carbocycles. The molecule has 0 saturated carbocycles. The third-order valence-electron chi connectivity index (χ3n) is 4.41. The standard InChI is InChI=1S/C21H24N4O2/c1-15-8-7-11-18(16(15)2)22-20(26)14-25(3)13-19-23-21(27-24-19)12-17-9-5-4-6-10-17/h4-11H,12-14H2,1-3H3,(H,22,26). The van der Waals surface area contributed by atoms with Crippen molar-refractivity contribution < 1.29 is 9.32 Å². The molecule has 0 fully saturated rings. The fourth-order valence-corrected chi connectivity index (χ4v) is 2.82. The van der Waals surface area contributed by atoms with Gasteiger partial charge in [0.1, 0.15) is 0 Å². The normalized spacial score (nSPS) is 11.0. The van der Waals surface area contributed by atoms with E-state index in [9.17, 15) is 4.79 Å². The third-order valence-corrected chi connectivity index (χ3v) is 4.41. The Labute approximate surface area is 159 Å². The van der Waals surface area contributed by atoms with Gasteiger partial charge in [0, 0.05) is 5.69 Å². The Morgan fingerprint density at radius 2 is 1.89 bits per heavy atom. The summed E-state index contributed by atoms with van der Waals surface area (Å²) >= 11 is 0. The highest BCUT2D eigenvalue weighted by Gasteiger charge is 2.13. The Morgan fingerprint density at radius 1 is 1.11 bits per heavy atom. The molecule has 0 bridgehead atoms. The number of hydrogen-bond donors (Lipinski definition) is 1. The van der Waals surface area contributed by atoms with Crippen molar-refractivity contribution in [2.75, 3.05) is 18.9 Å². The second-order valence-electron chi connectivity index (χ2n) is 6.73. The quantitative estimate of drug-likeness (QED) is 0.696. The van der Waals surface area contributed by atoms with Crippen molar-refractivity contribution >= 4 is 11.6 Å². The van der Waals surface area contributed by atoms with Gasteiger partial charge in [0.25, 0.3) is 0 Å². The highest BCUT2D eigenvalue weighted by atomic mass is 16.5. The molecule has 1 heterocycles. The van der Waals surface area contributed by atoms with Gasteiger partial charge < -0.3 is 9.84 Å². The summed E-state index contributed by atoms with van der Waals surface area (Å²) in [5.74, 6) is 1.08. The van der Waals surface area contributed by atoms with E-state index in [1.807, 2.05) is 74.3 Å². The molecule has 3 rings (SSSR count). The van der Waals surface area contributed by atoms with Crippen molar-refractivity contribution in [3.8, 4) is 0 Å². The molecule has 0 aliphatic rings. The zero-order chi connectivity index (χ0) is 19.2. The minimum Gasteiger partial charge on any atom is -0.339 e. The van der Waals surface area contributed by atoms with E-state index in [1.54, 1.807) is 0 Å². The number of hydrogen-bond acceptors (Lipinski definition) is 5. The number of anilines is 1. The Kier molecular flexibility index (Phi) is 5.98. The predicted molar refractivity (Wildman–Crippen MR) is 104 cm³/mol.